The van der Waals surface area contributed by atoms with Crippen molar-refractivity contribution in [1.29, 1.82) is 0 Å². The molecule has 9 heteroatoms. The number of thiazole rings is 1. The van der Waals surface area contributed by atoms with E-state index in [1.165, 1.54) is 30.7 Å². The number of ether oxygens (including phenoxy) is 1. The number of nitrogens with zero attached hydrogens (tertiary/aromatic N) is 3. The molecule has 1 aromatic carbocycles. The maximum absolute atomic E-state index is 12.6. The monoisotopic (exact) mass is 406 g/mol. The third kappa shape index (κ3) is 3.63. The van der Waals surface area contributed by atoms with E-state index in [9.17, 15) is 14.7 Å². The van der Waals surface area contributed by atoms with Gasteiger partial charge in [0.1, 0.15) is 0 Å². The van der Waals surface area contributed by atoms with Crippen LogP contribution in [0.2, 0.25) is 0 Å². The molecule has 8 nitrogen and oxygen atoms in total. The number of benzene rings is 1. The normalized spacial score (nSPS) is 10.7. The lowest BCUT2D eigenvalue weighted by Crippen LogP contribution is -2.13. The predicted octanol–water partition coefficient (Wildman–Crippen LogP) is 3.28. The van der Waals surface area contributed by atoms with Crippen molar-refractivity contribution >= 4 is 38.4 Å². The van der Waals surface area contributed by atoms with E-state index in [0.717, 1.165) is 4.70 Å². The summed E-state index contributed by atoms with van der Waals surface area (Å²) in [6.07, 6.45) is 4.49. The van der Waals surface area contributed by atoms with Gasteiger partial charge in [0.2, 0.25) is 0 Å². The zero-order chi connectivity index (χ0) is 20.4. The molecule has 0 spiro atoms. The smallest absolute Gasteiger partial charge is 0.280 e. The Morgan fingerprint density at radius 2 is 1.86 bits per heavy atom. The summed E-state index contributed by atoms with van der Waals surface area (Å²) in [6, 6.07) is 9.89. The van der Waals surface area contributed by atoms with Crippen molar-refractivity contribution in [1.82, 2.24) is 15.0 Å². The highest BCUT2D eigenvalue weighted by molar-refractivity contribution is 7.22. The number of amides is 1. The summed E-state index contributed by atoms with van der Waals surface area (Å²) in [5.41, 5.74) is 1.52. The van der Waals surface area contributed by atoms with Crippen LogP contribution in [-0.2, 0) is 0 Å². The highest BCUT2D eigenvalue weighted by Crippen LogP contribution is 2.30. The molecule has 0 atom stereocenters. The van der Waals surface area contributed by atoms with Crippen LogP contribution in [-0.4, -0.2) is 38.9 Å². The first kappa shape index (κ1) is 18.5. The molecule has 144 valence electrons. The fourth-order valence-electron chi connectivity index (χ4n) is 2.71. The number of hydrogen-bond donors (Lipinski definition) is 2. The molecule has 3 aromatic heterocycles. The standard InChI is InChI=1S/C20H14N4O4S/c1-28-14-6-9-22-16(18(14)26)19(27)24-20-23-13-3-2-12(10-15(13)29-20)17(25)11-4-7-21-8-5-11/h2-10,26H,1H3,(H,23,24,27). The Balaban J connectivity index is 1.60. The first-order valence-corrected chi connectivity index (χ1v) is 9.27. The molecule has 0 saturated heterocycles. The van der Waals surface area contributed by atoms with Crippen LogP contribution < -0.4 is 10.1 Å². The quantitative estimate of drug-likeness (QED) is 0.489. The molecule has 0 saturated carbocycles. The molecule has 0 unspecified atom stereocenters. The highest BCUT2D eigenvalue weighted by atomic mass is 32.1. The predicted molar refractivity (Wildman–Crippen MR) is 108 cm³/mol. The van der Waals surface area contributed by atoms with E-state index in [4.69, 9.17) is 4.74 Å². The average molecular weight is 406 g/mol. The van der Waals surface area contributed by atoms with Gasteiger partial charge in [-0.05, 0) is 30.3 Å². The van der Waals surface area contributed by atoms with Gasteiger partial charge in [-0.3, -0.25) is 19.9 Å². The number of anilines is 1. The molecule has 4 rings (SSSR count). The molecule has 4 aromatic rings. The maximum atomic E-state index is 12.6. The zero-order valence-electron chi connectivity index (χ0n) is 15.1. The molecule has 29 heavy (non-hydrogen) atoms. The molecule has 2 N–H and O–H groups in total. The first-order valence-electron chi connectivity index (χ1n) is 8.45. The summed E-state index contributed by atoms with van der Waals surface area (Å²) in [5, 5.41) is 13.0. The highest BCUT2D eigenvalue weighted by Gasteiger charge is 2.19. The fraction of sp³-hybridized carbons (Fsp3) is 0.0500. The van der Waals surface area contributed by atoms with Crippen LogP contribution in [0.1, 0.15) is 26.4 Å². The van der Waals surface area contributed by atoms with Gasteiger partial charge in [-0.2, -0.15) is 0 Å². The molecule has 0 aliphatic rings. The summed E-state index contributed by atoms with van der Waals surface area (Å²) >= 11 is 1.21. The van der Waals surface area contributed by atoms with Crippen molar-refractivity contribution in [2.45, 2.75) is 0 Å². The summed E-state index contributed by atoms with van der Waals surface area (Å²) in [5.74, 6) is -0.945. The van der Waals surface area contributed by atoms with Crippen molar-refractivity contribution < 1.29 is 19.4 Å². The molecule has 0 bridgehead atoms. The van der Waals surface area contributed by atoms with E-state index in [-0.39, 0.29) is 23.0 Å². The van der Waals surface area contributed by atoms with Gasteiger partial charge in [0.15, 0.2) is 28.1 Å². The van der Waals surface area contributed by atoms with Gasteiger partial charge in [-0.15, -0.1) is 0 Å². The number of pyridine rings is 2. The van der Waals surface area contributed by atoms with E-state index in [1.54, 1.807) is 42.7 Å². The second-order valence-electron chi connectivity index (χ2n) is 5.93. The van der Waals surface area contributed by atoms with Gasteiger partial charge in [-0.1, -0.05) is 11.3 Å². The second-order valence-corrected chi connectivity index (χ2v) is 6.96. The van der Waals surface area contributed by atoms with Gasteiger partial charge in [0, 0.05) is 35.8 Å². The first-order chi connectivity index (χ1) is 14.1. The topological polar surface area (TPSA) is 114 Å². The number of fused-ring (bicyclic) bond motifs is 1. The minimum absolute atomic E-state index is 0.126. The largest absolute Gasteiger partial charge is 0.503 e. The minimum Gasteiger partial charge on any atom is -0.503 e. The number of nitrogens with one attached hydrogen (secondary N) is 1. The Labute approximate surface area is 168 Å². The molecule has 0 radical (unpaired) electrons. The van der Waals surface area contributed by atoms with Gasteiger partial charge in [0.05, 0.1) is 17.3 Å². The van der Waals surface area contributed by atoms with Gasteiger partial charge in [0.25, 0.3) is 5.91 Å². The molecular formula is C20H14N4O4S. The van der Waals surface area contributed by atoms with Crippen molar-refractivity contribution in [3.63, 3.8) is 0 Å². The van der Waals surface area contributed by atoms with Gasteiger partial charge < -0.3 is 9.84 Å². The Bertz CT molecular complexity index is 1220. The third-order valence-electron chi connectivity index (χ3n) is 4.14. The van der Waals surface area contributed by atoms with Crippen LogP contribution in [0.5, 0.6) is 11.5 Å². The van der Waals surface area contributed by atoms with E-state index < -0.39 is 5.91 Å². The SMILES string of the molecule is COc1ccnc(C(=O)Nc2nc3ccc(C(=O)c4ccncc4)cc3s2)c1O. The lowest BCUT2D eigenvalue weighted by Gasteiger charge is -2.06. The van der Waals surface area contributed by atoms with E-state index in [2.05, 4.69) is 20.3 Å². The number of methoxy groups -OCH3 is 1. The van der Waals surface area contributed by atoms with Crippen molar-refractivity contribution in [3.8, 4) is 11.5 Å². The van der Waals surface area contributed by atoms with Crippen molar-refractivity contribution in [2.24, 2.45) is 0 Å². The van der Waals surface area contributed by atoms with Gasteiger partial charge >= 0.3 is 0 Å². The lowest BCUT2D eigenvalue weighted by atomic mass is 10.0. The number of ketones is 1. The molecule has 1 amide bonds. The Kier molecular flexibility index (Phi) is 4.88. The molecule has 0 aliphatic carbocycles. The number of carbonyl (C=O) groups excluding carboxylic acids is 2. The number of rotatable bonds is 5. The number of aromatic hydroxyl groups is 1. The molecule has 0 aliphatic heterocycles. The Hall–Kier alpha value is -3.85. The number of carbonyl (C=O) groups is 2. The van der Waals surface area contributed by atoms with Crippen LogP contribution in [0.3, 0.4) is 0 Å². The molecule has 3 heterocycles. The van der Waals surface area contributed by atoms with Crippen molar-refractivity contribution in [2.75, 3.05) is 12.4 Å². The summed E-state index contributed by atoms with van der Waals surface area (Å²) in [7, 11) is 1.38. The van der Waals surface area contributed by atoms with Crippen LogP contribution >= 0.6 is 11.3 Å². The lowest BCUT2D eigenvalue weighted by molar-refractivity contribution is 0.101. The van der Waals surface area contributed by atoms with Gasteiger partial charge in [-0.25, -0.2) is 9.97 Å². The summed E-state index contributed by atoms with van der Waals surface area (Å²) in [6.45, 7) is 0. The maximum Gasteiger partial charge on any atom is 0.280 e. The molecular weight excluding hydrogens is 392 g/mol. The van der Waals surface area contributed by atoms with Crippen LogP contribution in [0.25, 0.3) is 10.2 Å². The van der Waals surface area contributed by atoms with E-state index in [1.807, 2.05) is 0 Å². The van der Waals surface area contributed by atoms with E-state index >= 15 is 0 Å². The summed E-state index contributed by atoms with van der Waals surface area (Å²) < 4.78 is 5.73. The number of aromatic nitrogens is 3. The fourth-order valence-corrected chi connectivity index (χ4v) is 3.61. The van der Waals surface area contributed by atoms with Crippen molar-refractivity contribution in [3.05, 3.63) is 71.8 Å². The second kappa shape index (κ2) is 7.64. The van der Waals surface area contributed by atoms with Crippen LogP contribution in [0, 0.1) is 0 Å². The average Bonchev–Trinajstić information content (AvgIpc) is 3.15. The summed E-state index contributed by atoms with van der Waals surface area (Å²) in [4.78, 5) is 37.2. The minimum atomic E-state index is -0.617. The van der Waals surface area contributed by atoms with Crippen LogP contribution in [0.15, 0.2) is 55.0 Å². The number of hydrogen-bond acceptors (Lipinski definition) is 8. The third-order valence-corrected chi connectivity index (χ3v) is 5.07. The van der Waals surface area contributed by atoms with Crippen LogP contribution in [0.4, 0.5) is 5.13 Å². The Morgan fingerprint density at radius 3 is 2.62 bits per heavy atom. The molecule has 0 fully saturated rings. The van der Waals surface area contributed by atoms with E-state index in [0.29, 0.717) is 21.8 Å². The zero-order valence-corrected chi connectivity index (χ0v) is 15.9. The Morgan fingerprint density at radius 1 is 1.07 bits per heavy atom.